The van der Waals surface area contributed by atoms with Crippen LogP contribution in [0.5, 0.6) is 0 Å². The number of ether oxygens (including phenoxy) is 1. The Bertz CT molecular complexity index is 684. The number of carboxylic acids is 1. The molecule has 0 aliphatic rings. The lowest BCUT2D eigenvalue weighted by molar-refractivity contribution is -0.150. The van der Waals surface area contributed by atoms with E-state index in [0.717, 1.165) is 0 Å². The minimum absolute atomic E-state index is 0.138. The van der Waals surface area contributed by atoms with Gasteiger partial charge in [-0.3, -0.25) is 9.59 Å². The normalized spacial score (nSPS) is 13.7. The highest BCUT2D eigenvalue weighted by Crippen LogP contribution is 2.34. The third-order valence-electron chi connectivity index (χ3n) is 3.69. The number of aliphatic carboxylic acids is 1. The van der Waals surface area contributed by atoms with Crippen LogP contribution < -0.4 is 0 Å². The van der Waals surface area contributed by atoms with E-state index in [2.05, 4.69) is 4.98 Å². The molecule has 1 aromatic rings. The van der Waals surface area contributed by atoms with E-state index in [1.807, 2.05) is 0 Å². The van der Waals surface area contributed by atoms with Crippen LogP contribution in [0.1, 0.15) is 31.5 Å². The van der Waals surface area contributed by atoms with Gasteiger partial charge in [-0.1, -0.05) is 0 Å². The lowest BCUT2D eigenvalue weighted by Gasteiger charge is -2.23. The summed E-state index contributed by atoms with van der Waals surface area (Å²) < 4.78 is 4.73. The molecule has 1 atom stereocenters. The predicted octanol–water partition coefficient (Wildman–Crippen LogP) is 1.89. The molecular formula is C15H17N3O4S. The van der Waals surface area contributed by atoms with Crippen molar-refractivity contribution >= 4 is 23.3 Å². The van der Waals surface area contributed by atoms with Gasteiger partial charge >= 0.3 is 11.9 Å². The van der Waals surface area contributed by atoms with E-state index in [1.165, 1.54) is 30.8 Å². The van der Waals surface area contributed by atoms with Gasteiger partial charge in [-0.2, -0.15) is 10.5 Å². The van der Waals surface area contributed by atoms with Crippen LogP contribution in [0.2, 0.25) is 0 Å². The largest absolute Gasteiger partial charge is 0.480 e. The average Bonchev–Trinajstić information content (AvgIpc) is 2.95. The van der Waals surface area contributed by atoms with Crippen LogP contribution in [0.15, 0.2) is 5.38 Å². The molecule has 0 bridgehead atoms. The molecule has 1 aromatic heterocycles. The Morgan fingerprint density at radius 2 is 1.96 bits per heavy atom. The van der Waals surface area contributed by atoms with Gasteiger partial charge in [0.2, 0.25) is 0 Å². The first-order chi connectivity index (χ1) is 10.6. The highest BCUT2D eigenvalue weighted by Gasteiger charge is 2.46. The maximum Gasteiger partial charge on any atom is 0.317 e. The molecule has 0 fully saturated rings. The molecule has 0 amide bonds. The number of carbonyl (C=O) groups excluding carboxylic acids is 1. The fraction of sp³-hybridized carbons (Fsp3) is 0.533. The third-order valence-corrected chi connectivity index (χ3v) is 4.54. The van der Waals surface area contributed by atoms with E-state index < -0.39 is 28.7 Å². The molecule has 0 aliphatic heterocycles. The van der Waals surface area contributed by atoms with Gasteiger partial charge in [0.25, 0.3) is 0 Å². The van der Waals surface area contributed by atoms with Gasteiger partial charge in [-0.25, -0.2) is 4.98 Å². The number of carboxylic acid groups (broad SMARTS) is 1. The second-order valence-corrected chi connectivity index (χ2v) is 6.82. The zero-order valence-electron chi connectivity index (χ0n) is 13.3. The fourth-order valence-corrected chi connectivity index (χ4v) is 3.17. The number of carbonyl (C=O) groups is 2. The van der Waals surface area contributed by atoms with Crippen molar-refractivity contribution < 1.29 is 19.4 Å². The van der Waals surface area contributed by atoms with E-state index in [0.29, 0.717) is 5.01 Å². The van der Waals surface area contributed by atoms with E-state index in [9.17, 15) is 14.7 Å². The number of hydrogen-bond acceptors (Lipinski definition) is 7. The van der Waals surface area contributed by atoms with Crippen molar-refractivity contribution in [2.45, 2.75) is 32.6 Å². The van der Waals surface area contributed by atoms with Crippen molar-refractivity contribution in [1.29, 1.82) is 10.5 Å². The van der Waals surface area contributed by atoms with Crippen LogP contribution in [0.25, 0.3) is 0 Å². The molecular weight excluding hydrogens is 318 g/mol. The number of esters is 1. The van der Waals surface area contributed by atoms with Gasteiger partial charge in [-0.15, -0.1) is 11.3 Å². The lowest BCUT2D eigenvalue weighted by atomic mass is 9.76. The summed E-state index contributed by atoms with van der Waals surface area (Å²) in [5.41, 5.74) is -2.40. The second-order valence-electron chi connectivity index (χ2n) is 5.88. The number of thiazole rings is 1. The standard InChI is InChI=1S/C15H17N3O4S/c1-14(2,13(21)22-4)5-11-18-10(8-23-11)15(3,12(19)20)9(6-16)7-17/h8-9H,5H2,1-4H3,(H,19,20). The molecule has 1 N–H and O–H groups in total. The Labute approximate surface area is 138 Å². The maximum atomic E-state index is 11.7. The molecule has 0 saturated heterocycles. The number of rotatable bonds is 6. The summed E-state index contributed by atoms with van der Waals surface area (Å²) in [6, 6.07) is 3.41. The lowest BCUT2D eigenvalue weighted by Crippen LogP contribution is -2.39. The Kier molecular flexibility index (Phi) is 5.46. The van der Waals surface area contributed by atoms with Crippen LogP contribution in [0.4, 0.5) is 0 Å². The van der Waals surface area contributed by atoms with Crippen molar-refractivity contribution in [1.82, 2.24) is 4.98 Å². The quantitative estimate of drug-likeness (QED) is 0.787. The molecule has 0 radical (unpaired) electrons. The summed E-state index contributed by atoms with van der Waals surface area (Å²) in [5, 5.41) is 29.6. The Morgan fingerprint density at radius 3 is 2.39 bits per heavy atom. The van der Waals surface area contributed by atoms with Gasteiger partial charge in [0.15, 0.2) is 5.92 Å². The SMILES string of the molecule is COC(=O)C(C)(C)Cc1nc(C(C)(C(=O)O)C(C#N)C#N)cs1. The van der Waals surface area contributed by atoms with Gasteiger partial charge in [-0.05, 0) is 20.8 Å². The Morgan fingerprint density at radius 1 is 1.39 bits per heavy atom. The third kappa shape index (κ3) is 3.49. The highest BCUT2D eigenvalue weighted by molar-refractivity contribution is 7.09. The van der Waals surface area contributed by atoms with E-state index >= 15 is 0 Å². The van der Waals surface area contributed by atoms with Crippen molar-refractivity contribution in [2.75, 3.05) is 7.11 Å². The molecule has 7 nitrogen and oxygen atoms in total. The number of nitrogens with zero attached hydrogens (tertiary/aromatic N) is 3. The molecule has 1 heterocycles. The Hall–Kier alpha value is -2.45. The number of hydrogen-bond donors (Lipinski definition) is 1. The summed E-state index contributed by atoms with van der Waals surface area (Å²) in [4.78, 5) is 27.6. The van der Waals surface area contributed by atoms with Crippen molar-refractivity contribution in [3.8, 4) is 12.1 Å². The summed E-state index contributed by atoms with van der Waals surface area (Å²) in [7, 11) is 1.29. The van der Waals surface area contributed by atoms with E-state index in [4.69, 9.17) is 15.3 Å². The summed E-state index contributed by atoms with van der Waals surface area (Å²) in [6.07, 6.45) is 0.268. The first-order valence-electron chi connectivity index (χ1n) is 6.69. The fourth-order valence-electron chi connectivity index (χ4n) is 2.03. The van der Waals surface area contributed by atoms with Gasteiger partial charge < -0.3 is 9.84 Å². The smallest absolute Gasteiger partial charge is 0.317 e. The zero-order chi connectivity index (χ0) is 17.8. The van der Waals surface area contributed by atoms with Crippen molar-refractivity contribution in [2.24, 2.45) is 11.3 Å². The summed E-state index contributed by atoms with van der Waals surface area (Å²) in [5.74, 6) is -3.07. The maximum absolute atomic E-state index is 11.7. The molecule has 1 unspecified atom stereocenters. The predicted molar refractivity (Wildman–Crippen MR) is 81.3 cm³/mol. The zero-order valence-corrected chi connectivity index (χ0v) is 14.1. The minimum atomic E-state index is -1.73. The van der Waals surface area contributed by atoms with Gasteiger partial charge in [0, 0.05) is 11.8 Å². The molecule has 0 saturated carbocycles. The number of aromatic nitrogens is 1. The first-order valence-corrected chi connectivity index (χ1v) is 7.57. The average molecular weight is 335 g/mol. The minimum Gasteiger partial charge on any atom is -0.480 e. The van der Waals surface area contributed by atoms with Crippen LogP contribution in [-0.4, -0.2) is 29.1 Å². The molecule has 0 aliphatic carbocycles. The monoisotopic (exact) mass is 335 g/mol. The van der Waals surface area contributed by atoms with Gasteiger partial charge in [0.05, 0.1) is 35.4 Å². The Balaban J connectivity index is 3.21. The molecule has 23 heavy (non-hydrogen) atoms. The van der Waals surface area contributed by atoms with Crippen LogP contribution in [0.3, 0.4) is 0 Å². The van der Waals surface area contributed by atoms with E-state index in [1.54, 1.807) is 26.0 Å². The molecule has 0 spiro atoms. The molecule has 1 rings (SSSR count). The van der Waals surface area contributed by atoms with Crippen molar-refractivity contribution in [3.05, 3.63) is 16.1 Å². The number of methoxy groups -OCH3 is 1. The first kappa shape index (κ1) is 18.6. The van der Waals surface area contributed by atoms with E-state index in [-0.39, 0.29) is 12.1 Å². The topological polar surface area (TPSA) is 124 Å². The van der Waals surface area contributed by atoms with Crippen LogP contribution in [0, 0.1) is 34.0 Å². The van der Waals surface area contributed by atoms with Crippen LogP contribution in [-0.2, 0) is 26.2 Å². The molecule has 0 aromatic carbocycles. The van der Waals surface area contributed by atoms with Crippen molar-refractivity contribution in [3.63, 3.8) is 0 Å². The summed E-state index contributed by atoms with van der Waals surface area (Å²) >= 11 is 1.19. The summed E-state index contributed by atoms with van der Waals surface area (Å²) in [6.45, 7) is 4.70. The van der Waals surface area contributed by atoms with Crippen LogP contribution >= 0.6 is 11.3 Å². The number of nitriles is 2. The molecule has 122 valence electrons. The molecule has 8 heteroatoms. The highest BCUT2D eigenvalue weighted by atomic mass is 32.1. The van der Waals surface area contributed by atoms with Gasteiger partial charge in [0.1, 0.15) is 5.41 Å². The second kappa shape index (κ2) is 6.76.